The summed E-state index contributed by atoms with van der Waals surface area (Å²) in [5.41, 5.74) is 2.23. The van der Waals surface area contributed by atoms with Gasteiger partial charge in [0, 0.05) is 34.5 Å². The van der Waals surface area contributed by atoms with Gasteiger partial charge >= 0.3 is 0 Å². The summed E-state index contributed by atoms with van der Waals surface area (Å²) in [5, 5.41) is 2.92. The number of ketones is 1. The number of benzene rings is 1. The highest BCUT2D eigenvalue weighted by atomic mass is 79.9. The lowest BCUT2D eigenvalue weighted by molar-refractivity contribution is -0.122. The molecular formula is C19H22BrNO4. The van der Waals surface area contributed by atoms with E-state index < -0.39 is 0 Å². The number of halogens is 1. The molecule has 0 aromatic heterocycles. The number of carbonyl (C=O) groups is 2. The summed E-state index contributed by atoms with van der Waals surface area (Å²) in [6.07, 6.45) is 1.43. The molecular weight excluding hydrogens is 386 g/mol. The van der Waals surface area contributed by atoms with Crippen LogP contribution in [0.2, 0.25) is 0 Å². The number of carbonyl (C=O) groups excluding carboxylic acids is 2. The highest BCUT2D eigenvalue weighted by Gasteiger charge is 2.41. The van der Waals surface area contributed by atoms with Crippen LogP contribution in [0.3, 0.4) is 0 Å². The average molecular weight is 408 g/mol. The molecule has 1 aromatic carbocycles. The van der Waals surface area contributed by atoms with Gasteiger partial charge < -0.3 is 14.8 Å². The van der Waals surface area contributed by atoms with Gasteiger partial charge in [-0.2, -0.15) is 0 Å². The van der Waals surface area contributed by atoms with Crippen LogP contribution >= 0.6 is 15.9 Å². The van der Waals surface area contributed by atoms with Crippen molar-refractivity contribution in [1.29, 1.82) is 0 Å². The number of hydrogen-bond donors (Lipinski definition) is 1. The first kappa shape index (κ1) is 18.0. The van der Waals surface area contributed by atoms with Crippen LogP contribution in [0.5, 0.6) is 11.5 Å². The van der Waals surface area contributed by atoms with Gasteiger partial charge in [-0.15, -0.1) is 0 Å². The molecule has 1 heterocycles. The fourth-order valence-corrected chi connectivity index (χ4v) is 4.36. The Balaban J connectivity index is 2.13. The summed E-state index contributed by atoms with van der Waals surface area (Å²) in [5.74, 6) is 0.955. The Hall–Kier alpha value is -1.82. The molecule has 2 aliphatic rings. The quantitative estimate of drug-likeness (QED) is 0.828. The first-order valence-electron chi connectivity index (χ1n) is 8.23. The van der Waals surface area contributed by atoms with E-state index in [0.717, 1.165) is 21.3 Å². The summed E-state index contributed by atoms with van der Waals surface area (Å²) in [4.78, 5) is 25.1. The fraction of sp³-hybridized carbons (Fsp3) is 0.474. The van der Waals surface area contributed by atoms with E-state index in [1.54, 1.807) is 14.2 Å². The number of amides is 1. The lowest BCUT2D eigenvalue weighted by Gasteiger charge is -2.38. The molecule has 1 amide bonds. The maximum Gasteiger partial charge on any atom is 0.225 e. The number of rotatable bonds is 3. The van der Waals surface area contributed by atoms with E-state index in [9.17, 15) is 9.59 Å². The van der Waals surface area contributed by atoms with Gasteiger partial charge in [-0.25, -0.2) is 0 Å². The minimum Gasteiger partial charge on any atom is -0.493 e. The van der Waals surface area contributed by atoms with Gasteiger partial charge in [-0.05, 0) is 29.5 Å². The second-order valence-electron chi connectivity index (χ2n) is 7.37. The monoisotopic (exact) mass is 407 g/mol. The molecule has 25 heavy (non-hydrogen) atoms. The smallest absolute Gasteiger partial charge is 0.225 e. The SMILES string of the molecule is COc1cc(Br)c([C@H]2CC(=O)NC3=C2C(=O)CC(C)(C)C3)cc1OC. The number of methoxy groups -OCH3 is 2. The molecule has 1 atom stereocenters. The number of nitrogens with one attached hydrogen (secondary N) is 1. The van der Waals surface area contributed by atoms with Crippen LogP contribution in [0, 0.1) is 5.41 Å². The van der Waals surface area contributed by atoms with Gasteiger partial charge in [0.05, 0.1) is 14.2 Å². The zero-order valence-corrected chi connectivity index (χ0v) is 16.5. The van der Waals surface area contributed by atoms with Crippen LogP contribution in [0.25, 0.3) is 0 Å². The van der Waals surface area contributed by atoms with Crippen LogP contribution in [0.1, 0.15) is 44.6 Å². The molecule has 0 bridgehead atoms. The Bertz CT molecular complexity index is 782. The van der Waals surface area contributed by atoms with Crippen LogP contribution in [0.15, 0.2) is 27.9 Å². The lowest BCUT2D eigenvalue weighted by atomic mass is 9.70. The highest BCUT2D eigenvalue weighted by molar-refractivity contribution is 9.10. The van der Waals surface area contributed by atoms with Crippen LogP contribution < -0.4 is 14.8 Å². The summed E-state index contributed by atoms with van der Waals surface area (Å²) in [7, 11) is 3.15. The van der Waals surface area contributed by atoms with E-state index in [2.05, 4.69) is 35.1 Å². The minimum absolute atomic E-state index is 0.0593. The molecule has 0 unspecified atom stereocenters. The van der Waals surface area contributed by atoms with Gasteiger partial charge in [-0.1, -0.05) is 29.8 Å². The molecule has 1 aliphatic heterocycles. The maximum atomic E-state index is 12.8. The van der Waals surface area contributed by atoms with E-state index in [0.29, 0.717) is 24.3 Å². The molecule has 1 aromatic rings. The molecule has 0 radical (unpaired) electrons. The van der Waals surface area contributed by atoms with Gasteiger partial charge in [0.1, 0.15) is 0 Å². The largest absolute Gasteiger partial charge is 0.493 e. The van der Waals surface area contributed by atoms with Crippen molar-refractivity contribution in [3.05, 3.63) is 33.4 Å². The third kappa shape index (κ3) is 3.32. The molecule has 1 N–H and O–H groups in total. The van der Waals surface area contributed by atoms with Crippen LogP contribution in [0.4, 0.5) is 0 Å². The predicted octanol–water partition coefficient (Wildman–Crippen LogP) is 3.71. The Labute approximate surface area is 155 Å². The van der Waals surface area contributed by atoms with E-state index in [-0.39, 0.29) is 29.4 Å². The normalized spacial score (nSPS) is 22.4. The van der Waals surface area contributed by atoms with Gasteiger partial charge in [0.15, 0.2) is 17.3 Å². The van der Waals surface area contributed by atoms with E-state index in [4.69, 9.17) is 9.47 Å². The summed E-state index contributed by atoms with van der Waals surface area (Å²) >= 11 is 3.56. The molecule has 0 saturated heterocycles. The first-order chi connectivity index (χ1) is 11.8. The zero-order chi connectivity index (χ0) is 18.4. The van der Waals surface area contributed by atoms with Crippen LogP contribution in [-0.2, 0) is 9.59 Å². The number of allylic oxidation sites excluding steroid dienone is 2. The van der Waals surface area contributed by atoms with Crippen molar-refractivity contribution in [2.75, 3.05) is 14.2 Å². The van der Waals surface area contributed by atoms with Crippen molar-refractivity contribution < 1.29 is 19.1 Å². The Kier molecular flexibility index (Phi) is 4.66. The molecule has 1 aliphatic carbocycles. The number of hydrogen-bond acceptors (Lipinski definition) is 4. The lowest BCUT2D eigenvalue weighted by Crippen LogP contribution is -2.40. The standard InChI is InChI=1S/C19H22BrNO4/c1-19(2)8-13-18(14(22)9-19)11(6-17(23)21-13)10-5-15(24-3)16(25-4)7-12(10)20/h5,7,11H,6,8-9H2,1-4H3,(H,21,23)/t11-/m1/s1. The van der Waals surface area contributed by atoms with Crippen molar-refractivity contribution in [2.24, 2.45) is 5.41 Å². The molecule has 6 heteroatoms. The van der Waals surface area contributed by atoms with Crippen molar-refractivity contribution in [1.82, 2.24) is 5.32 Å². The Morgan fingerprint density at radius 2 is 1.76 bits per heavy atom. The number of ether oxygens (including phenoxy) is 2. The van der Waals surface area contributed by atoms with Crippen LogP contribution in [-0.4, -0.2) is 25.9 Å². The molecule has 3 rings (SSSR count). The highest BCUT2D eigenvalue weighted by Crippen LogP contribution is 2.47. The van der Waals surface area contributed by atoms with Gasteiger partial charge in [0.25, 0.3) is 0 Å². The predicted molar refractivity (Wildman–Crippen MR) is 97.8 cm³/mol. The summed E-state index contributed by atoms with van der Waals surface area (Å²) in [6, 6.07) is 3.67. The second kappa shape index (κ2) is 6.48. The van der Waals surface area contributed by atoms with Crippen molar-refractivity contribution in [3.8, 4) is 11.5 Å². The van der Waals surface area contributed by atoms with E-state index >= 15 is 0 Å². The topological polar surface area (TPSA) is 64.6 Å². The molecule has 0 saturated carbocycles. The van der Waals surface area contributed by atoms with Crippen molar-refractivity contribution in [2.45, 2.75) is 39.0 Å². The van der Waals surface area contributed by atoms with Gasteiger partial charge in [0.2, 0.25) is 5.91 Å². The number of Topliss-reactive ketones (excluding diaryl/α,β-unsaturated/α-hetero) is 1. The average Bonchev–Trinajstić information content (AvgIpc) is 2.51. The Morgan fingerprint density at radius 1 is 1.12 bits per heavy atom. The molecule has 134 valence electrons. The van der Waals surface area contributed by atoms with Crippen molar-refractivity contribution >= 4 is 27.6 Å². The van der Waals surface area contributed by atoms with E-state index in [1.165, 1.54) is 0 Å². The third-order valence-electron chi connectivity index (χ3n) is 4.83. The van der Waals surface area contributed by atoms with Gasteiger partial charge in [-0.3, -0.25) is 9.59 Å². The Morgan fingerprint density at radius 3 is 2.40 bits per heavy atom. The first-order valence-corrected chi connectivity index (χ1v) is 9.02. The third-order valence-corrected chi connectivity index (χ3v) is 5.51. The van der Waals surface area contributed by atoms with E-state index in [1.807, 2.05) is 12.1 Å². The fourth-order valence-electron chi connectivity index (χ4n) is 3.76. The molecule has 0 fully saturated rings. The molecule has 5 nitrogen and oxygen atoms in total. The summed E-state index contributed by atoms with van der Waals surface area (Å²) < 4.78 is 11.5. The summed E-state index contributed by atoms with van der Waals surface area (Å²) in [6.45, 7) is 4.10. The maximum absolute atomic E-state index is 12.8. The molecule has 0 spiro atoms. The second-order valence-corrected chi connectivity index (χ2v) is 8.22. The zero-order valence-electron chi connectivity index (χ0n) is 14.9. The minimum atomic E-state index is -0.276. The van der Waals surface area contributed by atoms with Crippen molar-refractivity contribution in [3.63, 3.8) is 0 Å².